The topological polar surface area (TPSA) is 95.7 Å². The highest BCUT2D eigenvalue weighted by Crippen LogP contribution is 2.24. The van der Waals surface area contributed by atoms with E-state index in [1.54, 1.807) is 6.92 Å². The fraction of sp³-hybridized carbons (Fsp3) is 0.462. The second-order valence-corrected chi connectivity index (χ2v) is 6.16. The predicted molar refractivity (Wildman–Crippen MR) is 74.1 cm³/mol. The zero-order chi connectivity index (χ0) is 15.3. The first-order valence-corrected chi connectivity index (χ1v) is 7.77. The summed E-state index contributed by atoms with van der Waals surface area (Å²) in [6.07, 6.45) is 0. The molecule has 0 bridgehead atoms. The fourth-order valence-electron chi connectivity index (χ4n) is 1.46. The zero-order valence-corrected chi connectivity index (χ0v) is 12.6. The molecule has 0 aliphatic carbocycles. The summed E-state index contributed by atoms with van der Waals surface area (Å²) in [4.78, 5) is 11.6. The number of carbonyl (C=O) groups is 1. The molecule has 0 saturated carbocycles. The van der Waals surface area contributed by atoms with Crippen molar-refractivity contribution in [3.63, 3.8) is 0 Å². The number of hydrogen-bond acceptors (Lipinski definition) is 5. The fourth-order valence-corrected chi connectivity index (χ4v) is 2.16. The Bertz CT molecular complexity index is 580. The van der Waals surface area contributed by atoms with Crippen LogP contribution in [0.2, 0.25) is 0 Å². The SMILES string of the molecule is CCOc1ccc(C(=O)OCC(C)C)cc1S(N)(=O)=O. The second kappa shape index (κ2) is 6.71. The Hall–Kier alpha value is -1.60. The molecule has 20 heavy (non-hydrogen) atoms. The molecule has 0 spiro atoms. The van der Waals surface area contributed by atoms with E-state index in [4.69, 9.17) is 14.6 Å². The Balaban J connectivity index is 3.10. The molecule has 0 aliphatic rings. The summed E-state index contributed by atoms with van der Waals surface area (Å²) in [5.41, 5.74) is 0.123. The third-order valence-electron chi connectivity index (χ3n) is 2.33. The third-order valence-corrected chi connectivity index (χ3v) is 3.27. The summed E-state index contributed by atoms with van der Waals surface area (Å²) < 4.78 is 33.3. The van der Waals surface area contributed by atoms with E-state index in [2.05, 4.69) is 0 Å². The summed E-state index contributed by atoms with van der Waals surface area (Å²) in [7, 11) is -3.98. The van der Waals surface area contributed by atoms with E-state index in [1.165, 1.54) is 18.2 Å². The number of carbonyl (C=O) groups excluding carboxylic acids is 1. The summed E-state index contributed by atoms with van der Waals surface area (Å²) in [5.74, 6) is -0.276. The van der Waals surface area contributed by atoms with Crippen molar-refractivity contribution in [1.82, 2.24) is 0 Å². The van der Waals surface area contributed by atoms with Crippen molar-refractivity contribution in [1.29, 1.82) is 0 Å². The Morgan fingerprint density at radius 2 is 2.00 bits per heavy atom. The highest BCUT2D eigenvalue weighted by Gasteiger charge is 2.19. The lowest BCUT2D eigenvalue weighted by Gasteiger charge is -2.11. The summed E-state index contributed by atoms with van der Waals surface area (Å²) in [6.45, 7) is 6.08. The van der Waals surface area contributed by atoms with Gasteiger partial charge in [0, 0.05) is 0 Å². The molecule has 1 rings (SSSR count). The van der Waals surface area contributed by atoms with Crippen LogP contribution < -0.4 is 9.88 Å². The number of sulfonamides is 1. The van der Waals surface area contributed by atoms with Crippen molar-refractivity contribution >= 4 is 16.0 Å². The molecule has 0 radical (unpaired) electrons. The standard InChI is InChI=1S/C13H19NO5S/c1-4-18-11-6-5-10(7-12(11)20(14,16)17)13(15)19-8-9(2)3/h5-7,9H,4,8H2,1-3H3,(H2,14,16,17). The van der Waals surface area contributed by atoms with E-state index in [-0.39, 0.29) is 28.7 Å². The molecule has 0 fully saturated rings. The van der Waals surface area contributed by atoms with Gasteiger partial charge in [-0.3, -0.25) is 0 Å². The Labute approximate surface area is 118 Å². The van der Waals surface area contributed by atoms with Crippen LogP contribution in [-0.2, 0) is 14.8 Å². The number of esters is 1. The lowest BCUT2D eigenvalue weighted by Crippen LogP contribution is -2.16. The highest BCUT2D eigenvalue weighted by atomic mass is 32.2. The molecule has 6 nitrogen and oxygen atoms in total. The maximum atomic E-state index is 11.8. The monoisotopic (exact) mass is 301 g/mol. The molecule has 0 unspecified atom stereocenters. The van der Waals surface area contributed by atoms with E-state index in [1.807, 2.05) is 13.8 Å². The Kier molecular flexibility index (Phi) is 5.52. The molecule has 0 saturated heterocycles. The Morgan fingerprint density at radius 1 is 1.35 bits per heavy atom. The highest BCUT2D eigenvalue weighted by molar-refractivity contribution is 7.89. The van der Waals surface area contributed by atoms with Crippen molar-refractivity contribution in [3.8, 4) is 5.75 Å². The lowest BCUT2D eigenvalue weighted by atomic mass is 10.2. The number of rotatable bonds is 6. The van der Waals surface area contributed by atoms with Crippen molar-refractivity contribution < 1.29 is 22.7 Å². The van der Waals surface area contributed by atoms with E-state index < -0.39 is 16.0 Å². The molecule has 0 heterocycles. The molecule has 7 heteroatoms. The van der Waals surface area contributed by atoms with Gasteiger partial charge < -0.3 is 9.47 Å². The summed E-state index contributed by atoms with van der Waals surface area (Å²) in [6, 6.07) is 4.01. The minimum absolute atomic E-state index is 0.121. The van der Waals surface area contributed by atoms with Gasteiger partial charge in [-0.05, 0) is 31.0 Å². The van der Waals surface area contributed by atoms with Gasteiger partial charge in [-0.25, -0.2) is 18.4 Å². The van der Waals surface area contributed by atoms with Gasteiger partial charge in [-0.15, -0.1) is 0 Å². The van der Waals surface area contributed by atoms with Crippen molar-refractivity contribution in [3.05, 3.63) is 23.8 Å². The van der Waals surface area contributed by atoms with Crippen molar-refractivity contribution in [2.45, 2.75) is 25.7 Å². The molecule has 0 atom stereocenters. The third kappa shape index (κ3) is 4.50. The molecule has 2 N–H and O–H groups in total. The molecular formula is C13H19NO5S. The first kappa shape index (κ1) is 16.5. The number of nitrogens with two attached hydrogens (primary N) is 1. The van der Waals surface area contributed by atoms with Crippen LogP contribution in [0.4, 0.5) is 0 Å². The van der Waals surface area contributed by atoms with E-state index >= 15 is 0 Å². The largest absolute Gasteiger partial charge is 0.492 e. The molecule has 1 aromatic carbocycles. The first-order chi connectivity index (χ1) is 9.25. The van der Waals surface area contributed by atoms with Gasteiger partial charge in [0.15, 0.2) is 0 Å². The zero-order valence-electron chi connectivity index (χ0n) is 11.8. The first-order valence-electron chi connectivity index (χ1n) is 6.22. The minimum atomic E-state index is -3.98. The smallest absolute Gasteiger partial charge is 0.338 e. The number of primary sulfonamides is 1. The Morgan fingerprint density at radius 3 is 2.50 bits per heavy atom. The maximum Gasteiger partial charge on any atom is 0.338 e. The van der Waals surface area contributed by atoms with Crippen LogP contribution >= 0.6 is 0 Å². The molecule has 0 aromatic heterocycles. The van der Waals surface area contributed by atoms with Crippen molar-refractivity contribution in [2.24, 2.45) is 11.1 Å². The van der Waals surface area contributed by atoms with Crippen LogP contribution in [0.3, 0.4) is 0 Å². The number of hydrogen-bond donors (Lipinski definition) is 1. The average Bonchev–Trinajstić information content (AvgIpc) is 2.35. The van der Waals surface area contributed by atoms with E-state index in [0.29, 0.717) is 6.61 Å². The van der Waals surface area contributed by atoms with Gasteiger partial charge >= 0.3 is 5.97 Å². The van der Waals surface area contributed by atoms with Crippen LogP contribution in [0.5, 0.6) is 5.75 Å². The van der Waals surface area contributed by atoms with Crippen LogP contribution in [-0.4, -0.2) is 27.6 Å². The minimum Gasteiger partial charge on any atom is -0.492 e. The van der Waals surface area contributed by atoms with Crippen LogP contribution in [0.25, 0.3) is 0 Å². The summed E-state index contributed by atoms with van der Waals surface area (Å²) in [5, 5.41) is 5.12. The van der Waals surface area contributed by atoms with Gasteiger partial charge in [0.2, 0.25) is 10.0 Å². The van der Waals surface area contributed by atoms with Crippen LogP contribution in [0, 0.1) is 5.92 Å². The van der Waals surface area contributed by atoms with Gasteiger partial charge in [-0.1, -0.05) is 13.8 Å². The van der Waals surface area contributed by atoms with Gasteiger partial charge in [0.25, 0.3) is 0 Å². The molecule has 112 valence electrons. The van der Waals surface area contributed by atoms with Gasteiger partial charge in [-0.2, -0.15) is 0 Å². The average molecular weight is 301 g/mol. The normalized spacial score (nSPS) is 11.4. The molecule has 0 aliphatic heterocycles. The van der Waals surface area contributed by atoms with Crippen LogP contribution in [0.1, 0.15) is 31.1 Å². The maximum absolute atomic E-state index is 11.8. The van der Waals surface area contributed by atoms with Crippen molar-refractivity contribution in [2.75, 3.05) is 13.2 Å². The number of benzene rings is 1. The second-order valence-electron chi connectivity index (χ2n) is 4.63. The van der Waals surface area contributed by atoms with Gasteiger partial charge in [0.1, 0.15) is 10.6 Å². The van der Waals surface area contributed by atoms with Gasteiger partial charge in [0.05, 0.1) is 18.8 Å². The van der Waals surface area contributed by atoms with E-state index in [9.17, 15) is 13.2 Å². The molecule has 1 aromatic rings. The molecular weight excluding hydrogens is 282 g/mol. The van der Waals surface area contributed by atoms with Crippen LogP contribution in [0.15, 0.2) is 23.1 Å². The quantitative estimate of drug-likeness (QED) is 0.804. The number of ether oxygens (including phenoxy) is 2. The summed E-state index contributed by atoms with van der Waals surface area (Å²) >= 11 is 0. The van der Waals surface area contributed by atoms with E-state index in [0.717, 1.165) is 0 Å². The predicted octanol–water partition coefficient (Wildman–Crippen LogP) is 1.55. The lowest BCUT2D eigenvalue weighted by molar-refractivity contribution is 0.0458. The molecule has 0 amide bonds.